The van der Waals surface area contributed by atoms with Gasteiger partial charge in [0.15, 0.2) is 19.7 Å². The number of carbonyl (C=O) groups is 4. The summed E-state index contributed by atoms with van der Waals surface area (Å²) >= 11 is 0. The number of anilines is 2. The third-order valence-corrected chi connectivity index (χ3v) is 13.0. The van der Waals surface area contributed by atoms with E-state index in [0.29, 0.717) is 35.3 Å². The normalized spacial score (nSPS) is 19.8. The minimum Gasteiger partial charge on any atom is -0.466 e. The quantitative estimate of drug-likeness (QED) is 0.162. The van der Waals surface area contributed by atoms with Crippen LogP contribution in [0.1, 0.15) is 105 Å². The van der Waals surface area contributed by atoms with E-state index in [9.17, 15) is 36.0 Å². The fourth-order valence-electron chi connectivity index (χ4n) is 6.87. The Morgan fingerprint density at radius 1 is 0.621 bits per heavy atom. The van der Waals surface area contributed by atoms with Gasteiger partial charge in [-0.2, -0.15) is 0 Å². The van der Waals surface area contributed by atoms with E-state index in [1.54, 1.807) is 69.2 Å². The van der Waals surface area contributed by atoms with Crippen molar-refractivity contribution in [1.82, 2.24) is 9.80 Å². The van der Waals surface area contributed by atoms with Gasteiger partial charge >= 0.3 is 24.1 Å². The van der Waals surface area contributed by atoms with Crippen molar-refractivity contribution in [3.8, 4) is 0 Å². The predicted molar refractivity (Wildman–Crippen MR) is 218 cm³/mol. The van der Waals surface area contributed by atoms with E-state index in [1.165, 1.54) is 46.2 Å². The van der Waals surface area contributed by atoms with Crippen LogP contribution in [0, 0.1) is 11.8 Å². The highest BCUT2D eigenvalue weighted by Gasteiger charge is 2.47. The van der Waals surface area contributed by atoms with Crippen molar-refractivity contribution < 1.29 is 55.0 Å². The standard InChI is InChI=1S/2C20H30N2O6S/c2*1-6-27-18(23)14-10-11-22(19(24)28-20(3,4)5)17(14)15-12-13(21)8-9-16(15)29(25,26)7-2/h2*8-9,12,14,17H,6-7,10-11,21H2,1-5H3/t2*14-,17-/m10/s1. The third-order valence-electron chi connectivity index (χ3n) is 9.37. The number of amides is 2. The van der Waals surface area contributed by atoms with Crippen molar-refractivity contribution in [3.05, 3.63) is 47.5 Å². The Hall–Kier alpha value is -4.58. The third kappa shape index (κ3) is 11.8. The van der Waals surface area contributed by atoms with Gasteiger partial charge in [0.2, 0.25) is 0 Å². The first-order chi connectivity index (χ1) is 26.8. The maximum Gasteiger partial charge on any atom is 0.410 e. The maximum atomic E-state index is 12.9. The number of hydrogen-bond acceptors (Lipinski definition) is 14. The molecule has 16 nitrogen and oxygen atoms in total. The second-order valence-electron chi connectivity index (χ2n) is 15.9. The zero-order chi connectivity index (χ0) is 44.0. The van der Waals surface area contributed by atoms with E-state index < -0.39 is 78.9 Å². The number of likely N-dealkylation sites (tertiary alicyclic amines) is 2. The second-order valence-corrected chi connectivity index (χ2v) is 20.4. The summed E-state index contributed by atoms with van der Waals surface area (Å²) in [5.74, 6) is -2.62. The van der Waals surface area contributed by atoms with Gasteiger partial charge in [0, 0.05) is 24.5 Å². The molecule has 0 radical (unpaired) electrons. The van der Waals surface area contributed by atoms with Crippen LogP contribution in [0.15, 0.2) is 46.2 Å². The van der Waals surface area contributed by atoms with Crippen LogP contribution in [0.3, 0.4) is 0 Å². The van der Waals surface area contributed by atoms with E-state index in [0.717, 1.165) is 0 Å². The number of hydrogen-bond donors (Lipinski definition) is 2. The Morgan fingerprint density at radius 2 is 0.948 bits per heavy atom. The molecule has 0 saturated carbocycles. The molecule has 2 fully saturated rings. The van der Waals surface area contributed by atoms with Gasteiger partial charge in [-0.1, -0.05) is 13.8 Å². The molecule has 2 aliphatic heterocycles. The number of benzene rings is 2. The number of sulfone groups is 2. The lowest BCUT2D eigenvalue weighted by Crippen LogP contribution is -2.38. The molecule has 0 spiro atoms. The van der Waals surface area contributed by atoms with Crippen LogP contribution in [0.5, 0.6) is 0 Å². The first-order valence-electron chi connectivity index (χ1n) is 19.4. The van der Waals surface area contributed by atoms with Gasteiger partial charge in [0.05, 0.1) is 58.4 Å². The summed E-state index contributed by atoms with van der Waals surface area (Å²) in [5.41, 5.74) is 11.7. The second kappa shape index (κ2) is 19.0. The Kier molecular flexibility index (Phi) is 15.7. The lowest BCUT2D eigenvalue weighted by atomic mass is 9.93. The highest BCUT2D eigenvalue weighted by Crippen LogP contribution is 2.44. The summed E-state index contributed by atoms with van der Waals surface area (Å²) in [6, 6.07) is 7.20. The molecule has 324 valence electrons. The highest BCUT2D eigenvalue weighted by atomic mass is 32.2. The minimum atomic E-state index is -3.62. The number of ether oxygens (including phenoxy) is 4. The van der Waals surface area contributed by atoms with E-state index in [4.69, 9.17) is 30.4 Å². The van der Waals surface area contributed by atoms with Crippen molar-refractivity contribution in [2.45, 2.75) is 115 Å². The van der Waals surface area contributed by atoms with Gasteiger partial charge in [0.1, 0.15) is 11.2 Å². The Labute approximate surface area is 342 Å². The van der Waals surface area contributed by atoms with Crippen LogP contribution in [0.4, 0.5) is 21.0 Å². The predicted octanol–water partition coefficient (Wildman–Crippen LogP) is 5.85. The zero-order valence-electron chi connectivity index (χ0n) is 35.2. The molecule has 18 heteroatoms. The van der Waals surface area contributed by atoms with Crippen LogP contribution in [0.25, 0.3) is 0 Å². The van der Waals surface area contributed by atoms with Crippen molar-refractivity contribution >= 4 is 55.2 Å². The summed E-state index contributed by atoms with van der Waals surface area (Å²) in [6.07, 6.45) is -0.556. The van der Waals surface area contributed by atoms with Gasteiger partial charge in [-0.15, -0.1) is 0 Å². The molecule has 4 atom stereocenters. The first kappa shape index (κ1) is 47.8. The molecule has 0 aliphatic carbocycles. The highest BCUT2D eigenvalue weighted by molar-refractivity contribution is 7.91. The minimum absolute atomic E-state index is 0.0592. The topological polar surface area (TPSA) is 232 Å². The van der Waals surface area contributed by atoms with Crippen LogP contribution in [0.2, 0.25) is 0 Å². The number of nitrogen functional groups attached to an aromatic ring is 2. The van der Waals surface area contributed by atoms with E-state index in [1.807, 2.05) is 0 Å². The molecule has 2 aromatic carbocycles. The molecular weight excluding hydrogens is 793 g/mol. The largest absolute Gasteiger partial charge is 0.466 e. The number of carbonyl (C=O) groups excluding carboxylic acids is 4. The molecule has 2 aliphatic rings. The molecule has 4 N–H and O–H groups in total. The fourth-order valence-corrected chi connectivity index (χ4v) is 9.12. The monoisotopic (exact) mass is 852 g/mol. The number of esters is 2. The summed E-state index contributed by atoms with van der Waals surface area (Å²) in [7, 11) is -7.23. The smallest absolute Gasteiger partial charge is 0.410 e. The average Bonchev–Trinajstić information content (AvgIpc) is 3.77. The van der Waals surface area contributed by atoms with Gasteiger partial charge in [-0.25, -0.2) is 26.4 Å². The van der Waals surface area contributed by atoms with E-state index in [2.05, 4.69) is 0 Å². The molecule has 0 bridgehead atoms. The first-order valence-corrected chi connectivity index (χ1v) is 22.7. The number of rotatable bonds is 10. The van der Waals surface area contributed by atoms with Crippen molar-refractivity contribution in [2.75, 3.05) is 49.3 Å². The summed E-state index contributed by atoms with van der Waals surface area (Å²) in [4.78, 5) is 53.9. The lowest BCUT2D eigenvalue weighted by Gasteiger charge is -2.31. The molecule has 2 heterocycles. The van der Waals surface area contributed by atoms with Gasteiger partial charge in [0.25, 0.3) is 0 Å². The Morgan fingerprint density at radius 3 is 1.22 bits per heavy atom. The summed E-state index contributed by atoms with van der Waals surface area (Å²) in [6.45, 7) is 17.8. The van der Waals surface area contributed by atoms with E-state index >= 15 is 0 Å². The van der Waals surface area contributed by atoms with Gasteiger partial charge in [-0.05, 0) is 116 Å². The van der Waals surface area contributed by atoms with Crippen molar-refractivity contribution in [2.24, 2.45) is 11.8 Å². The lowest BCUT2D eigenvalue weighted by molar-refractivity contribution is -0.149. The fraction of sp³-hybridized carbons (Fsp3) is 0.600. The van der Waals surface area contributed by atoms with E-state index in [-0.39, 0.29) is 47.6 Å². The molecule has 2 aromatic rings. The van der Waals surface area contributed by atoms with Crippen LogP contribution < -0.4 is 11.5 Å². The summed E-state index contributed by atoms with van der Waals surface area (Å²) in [5, 5.41) is 0. The molecule has 58 heavy (non-hydrogen) atoms. The Bertz CT molecular complexity index is 1900. The SMILES string of the molecule is CCOC(=O)[C@@H]1CCN(C(=O)OC(C)(C)C)[C@H]1c1cc(N)ccc1S(=O)(=O)CC.CCOC(=O)[C@H]1CCN(C(=O)OC(C)(C)C)[C@@H]1c1cc(N)ccc1S(=O)(=O)CC. The van der Waals surface area contributed by atoms with Crippen LogP contribution in [-0.4, -0.2) is 99.8 Å². The van der Waals surface area contributed by atoms with Gasteiger partial charge < -0.3 is 40.2 Å². The molecule has 2 saturated heterocycles. The molecule has 0 unspecified atom stereocenters. The maximum absolute atomic E-state index is 12.9. The molecule has 4 rings (SSSR count). The van der Waals surface area contributed by atoms with Crippen molar-refractivity contribution in [3.63, 3.8) is 0 Å². The Balaban J connectivity index is 0.000000310. The molecule has 2 amide bonds. The molecule has 0 aromatic heterocycles. The summed E-state index contributed by atoms with van der Waals surface area (Å²) < 4.78 is 72.2. The average molecular weight is 853 g/mol. The van der Waals surface area contributed by atoms with Gasteiger partial charge in [-0.3, -0.25) is 9.59 Å². The van der Waals surface area contributed by atoms with Crippen molar-refractivity contribution in [1.29, 1.82) is 0 Å². The number of nitrogens with two attached hydrogens (primary N) is 2. The number of nitrogens with zero attached hydrogens (tertiary/aromatic N) is 2. The van der Waals surface area contributed by atoms with Crippen LogP contribution in [-0.2, 0) is 48.2 Å². The zero-order valence-corrected chi connectivity index (χ0v) is 36.8. The molecular formula is C40H60N4O12S2. The van der Waals surface area contributed by atoms with Crippen LogP contribution >= 0.6 is 0 Å².